The normalized spacial score (nSPS) is 17.3. The van der Waals surface area contributed by atoms with Crippen molar-refractivity contribution in [3.63, 3.8) is 0 Å². The Bertz CT molecular complexity index is 821. The summed E-state index contributed by atoms with van der Waals surface area (Å²) in [5.41, 5.74) is 2.73. The summed E-state index contributed by atoms with van der Waals surface area (Å²) >= 11 is 0. The van der Waals surface area contributed by atoms with Gasteiger partial charge in [-0.15, -0.1) is 0 Å². The largest absolute Gasteiger partial charge is 0.348 e. The van der Waals surface area contributed by atoms with Gasteiger partial charge in [-0.25, -0.2) is 9.97 Å². The fourth-order valence-electron chi connectivity index (χ4n) is 4.09. The topological polar surface area (TPSA) is 84.0 Å². The van der Waals surface area contributed by atoms with Crippen LogP contribution >= 0.6 is 0 Å². The van der Waals surface area contributed by atoms with Crippen LogP contribution in [-0.2, 0) is 12.8 Å². The molecule has 2 aromatic rings. The number of nitrogens with zero attached hydrogens (tertiary/aromatic N) is 2. The molecule has 6 nitrogen and oxygen atoms in total. The molecule has 0 aliphatic heterocycles. The highest BCUT2D eigenvalue weighted by atomic mass is 16.2. The zero-order valence-electron chi connectivity index (χ0n) is 15.3. The van der Waals surface area contributed by atoms with E-state index >= 15 is 0 Å². The lowest BCUT2D eigenvalue weighted by Gasteiger charge is -2.22. The molecule has 1 fully saturated rings. The van der Waals surface area contributed by atoms with Gasteiger partial charge in [-0.05, 0) is 36.8 Å². The van der Waals surface area contributed by atoms with Crippen LogP contribution in [0.15, 0.2) is 36.7 Å². The van der Waals surface area contributed by atoms with Gasteiger partial charge in [-0.1, -0.05) is 43.5 Å². The van der Waals surface area contributed by atoms with Gasteiger partial charge in [0.25, 0.3) is 11.8 Å². The maximum absolute atomic E-state index is 12.8. The summed E-state index contributed by atoms with van der Waals surface area (Å²) in [7, 11) is 0. The summed E-state index contributed by atoms with van der Waals surface area (Å²) in [6, 6.07) is 8.39. The first-order valence-electron chi connectivity index (χ1n) is 9.70. The number of aromatic nitrogens is 2. The zero-order chi connectivity index (χ0) is 18.6. The molecule has 6 heteroatoms. The number of fused-ring (bicyclic) bond motifs is 1. The van der Waals surface area contributed by atoms with Gasteiger partial charge in [-0.3, -0.25) is 9.59 Å². The Kier molecular flexibility index (Phi) is 5.14. The first-order valence-corrected chi connectivity index (χ1v) is 9.70. The highest BCUT2D eigenvalue weighted by Gasteiger charge is 2.27. The van der Waals surface area contributed by atoms with Crippen molar-refractivity contribution in [2.45, 2.75) is 57.0 Å². The van der Waals surface area contributed by atoms with Crippen molar-refractivity contribution in [1.82, 2.24) is 20.6 Å². The molecule has 0 bridgehead atoms. The lowest BCUT2D eigenvalue weighted by molar-refractivity contribution is 0.0889. The van der Waals surface area contributed by atoms with Gasteiger partial charge < -0.3 is 10.6 Å². The van der Waals surface area contributed by atoms with Crippen LogP contribution in [0.25, 0.3) is 0 Å². The number of rotatable bonds is 4. The Labute approximate surface area is 158 Å². The predicted octanol–water partition coefficient (Wildman–Crippen LogP) is 2.44. The number of carbonyl (C=O) groups excluding carboxylic acids is 2. The molecule has 2 N–H and O–H groups in total. The Morgan fingerprint density at radius 3 is 1.85 bits per heavy atom. The second-order valence-electron chi connectivity index (χ2n) is 7.41. The molecule has 2 aliphatic rings. The summed E-state index contributed by atoms with van der Waals surface area (Å²) in [4.78, 5) is 33.7. The van der Waals surface area contributed by atoms with Gasteiger partial charge >= 0.3 is 0 Å². The van der Waals surface area contributed by atoms with E-state index in [0.29, 0.717) is 0 Å². The SMILES string of the molecule is O=C(NC1CCCCC1)c1nccnc1C(=O)NC1Cc2ccccc2C1. The van der Waals surface area contributed by atoms with Crippen LogP contribution in [0, 0.1) is 0 Å². The molecule has 1 saturated carbocycles. The summed E-state index contributed by atoms with van der Waals surface area (Å²) in [5, 5.41) is 6.04. The van der Waals surface area contributed by atoms with Crippen LogP contribution in [0.3, 0.4) is 0 Å². The fourth-order valence-corrected chi connectivity index (χ4v) is 4.09. The summed E-state index contributed by atoms with van der Waals surface area (Å²) in [6.45, 7) is 0. The van der Waals surface area contributed by atoms with Gasteiger partial charge in [-0.2, -0.15) is 0 Å². The molecular weight excluding hydrogens is 340 g/mol. The van der Waals surface area contributed by atoms with Crippen LogP contribution in [0.4, 0.5) is 0 Å². The lowest BCUT2D eigenvalue weighted by atomic mass is 9.95. The molecule has 27 heavy (non-hydrogen) atoms. The van der Waals surface area contributed by atoms with Gasteiger partial charge in [0.15, 0.2) is 11.4 Å². The van der Waals surface area contributed by atoms with E-state index in [1.54, 1.807) is 0 Å². The molecule has 0 unspecified atom stereocenters. The summed E-state index contributed by atoms with van der Waals surface area (Å²) < 4.78 is 0. The lowest BCUT2D eigenvalue weighted by Crippen LogP contribution is -2.40. The third-order valence-corrected chi connectivity index (χ3v) is 5.46. The van der Waals surface area contributed by atoms with Gasteiger partial charge in [0, 0.05) is 24.5 Å². The number of hydrogen-bond donors (Lipinski definition) is 2. The number of amides is 2. The van der Waals surface area contributed by atoms with Crippen molar-refractivity contribution in [2.24, 2.45) is 0 Å². The molecule has 140 valence electrons. The van der Waals surface area contributed by atoms with Gasteiger partial charge in [0.2, 0.25) is 0 Å². The molecule has 1 aromatic carbocycles. The highest BCUT2D eigenvalue weighted by molar-refractivity contribution is 6.04. The number of carbonyl (C=O) groups is 2. The Morgan fingerprint density at radius 1 is 0.778 bits per heavy atom. The van der Waals surface area contributed by atoms with E-state index in [2.05, 4.69) is 32.7 Å². The molecule has 0 atom stereocenters. The Balaban J connectivity index is 1.44. The standard InChI is InChI=1S/C21H24N4O2/c26-20(24-16-8-2-1-3-9-16)18-19(23-11-10-22-18)21(27)25-17-12-14-6-4-5-7-15(14)13-17/h4-7,10-11,16-17H,1-3,8-9,12-13H2,(H,24,26)(H,25,27). The van der Waals surface area contributed by atoms with E-state index in [9.17, 15) is 9.59 Å². The Hall–Kier alpha value is -2.76. The van der Waals surface area contributed by atoms with Crippen LogP contribution in [-0.4, -0.2) is 33.9 Å². The van der Waals surface area contributed by atoms with E-state index in [1.165, 1.54) is 29.9 Å². The molecule has 1 aromatic heterocycles. The fraction of sp³-hybridized carbons (Fsp3) is 0.429. The third kappa shape index (κ3) is 3.99. The van der Waals surface area contributed by atoms with Crippen LogP contribution in [0.1, 0.15) is 64.2 Å². The van der Waals surface area contributed by atoms with E-state index in [4.69, 9.17) is 0 Å². The van der Waals surface area contributed by atoms with Gasteiger partial charge in [0.05, 0.1) is 0 Å². The van der Waals surface area contributed by atoms with Crippen LogP contribution in [0.2, 0.25) is 0 Å². The van der Waals surface area contributed by atoms with Crippen molar-refractivity contribution in [1.29, 1.82) is 0 Å². The molecule has 4 rings (SSSR count). The molecule has 0 saturated heterocycles. The van der Waals surface area contributed by atoms with E-state index < -0.39 is 0 Å². The van der Waals surface area contributed by atoms with Crippen molar-refractivity contribution < 1.29 is 9.59 Å². The van der Waals surface area contributed by atoms with Crippen molar-refractivity contribution in [3.05, 3.63) is 59.2 Å². The quantitative estimate of drug-likeness (QED) is 0.873. The predicted molar refractivity (Wildman–Crippen MR) is 101 cm³/mol. The average molecular weight is 364 g/mol. The molecule has 2 aliphatic carbocycles. The van der Waals surface area contributed by atoms with Crippen molar-refractivity contribution in [3.8, 4) is 0 Å². The van der Waals surface area contributed by atoms with Crippen LogP contribution < -0.4 is 10.6 Å². The minimum Gasteiger partial charge on any atom is -0.348 e. The minimum absolute atomic E-state index is 0.0196. The first kappa shape index (κ1) is 17.6. The van der Waals surface area contributed by atoms with E-state index in [1.807, 2.05) is 12.1 Å². The van der Waals surface area contributed by atoms with Crippen molar-refractivity contribution >= 4 is 11.8 Å². The van der Waals surface area contributed by atoms with Crippen LogP contribution in [0.5, 0.6) is 0 Å². The molecular formula is C21H24N4O2. The van der Waals surface area contributed by atoms with Gasteiger partial charge in [0.1, 0.15) is 0 Å². The number of nitrogens with one attached hydrogen (secondary N) is 2. The second-order valence-corrected chi connectivity index (χ2v) is 7.41. The summed E-state index contributed by atoms with van der Waals surface area (Å²) in [6.07, 6.45) is 9.93. The van der Waals surface area contributed by atoms with Crippen molar-refractivity contribution in [2.75, 3.05) is 0 Å². The zero-order valence-corrected chi connectivity index (χ0v) is 15.3. The molecule has 0 radical (unpaired) electrons. The first-order chi connectivity index (χ1) is 13.2. The molecule has 1 heterocycles. The smallest absolute Gasteiger partial charge is 0.272 e. The van der Waals surface area contributed by atoms with E-state index in [0.717, 1.165) is 38.5 Å². The average Bonchev–Trinajstić information content (AvgIpc) is 3.11. The molecule has 0 spiro atoms. The van der Waals surface area contributed by atoms with E-state index in [-0.39, 0.29) is 35.3 Å². The number of hydrogen-bond acceptors (Lipinski definition) is 4. The monoisotopic (exact) mass is 364 g/mol. The number of benzene rings is 1. The maximum atomic E-state index is 12.8. The maximum Gasteiger partial charge on any atom is 0.272 e. The second kappa shape index (κ2) is 7.86. The highest BCUT2D eigenvalue weighted by Crippen LogP contribution is 2.22. The minimum atomic E-state index is -0.338. The molecule has 2 amide bonds. The third-order valence-electron chi connectivity index (χ3n) is 5.46. The Morgan fingerprint density at radius 2 is 1.30 bits per heavy atom. The summed E-state index contributed by atoms with van der Waals surface area (Å²) in [5.74, 6) is -0.649.